The smallest absolute Gasteiger partial charge is 0.136 e. The summed E-state index contributed by atoms with van der Waals surface area (Å²) in [7, 11) is 1.70. The third-order valence-electron chi connectivity index (χ3n) is 4.59. The minimum atomic E-state index is -0.0700. The molecule has 1 aromatic rings. The lowest BCUT2D eigenvalue weighted by Gasteiger charge is -2.35. The highest BCUT2D eigenvalue weighted by Gasteiger charge is 2.22. The van der Waals surface area contributed by atoms with Gasteiger partial charge < -0.3 is 15.0 Å². The van der Waals surface area contributed by atoms with E-state index >= 15 is 0 Å². The topological polar surface area (TPSA) is 50.3 Å². The molecule has 1 unspecified atom stereocenters. The number of nitrogens with one attached hydrogen (secondary N) is 1. The lowest BCUT2D eigenvalue weighted by molar-refractivity contribution is 0.145. The third-order valence-corrected chi connectivity index (χ3v) is 4.59. The van der Waals surface area contributed by atoms with E-state index in [-0.39, 0.29) is 5.41 Å². The van der Waals surface area contributed by atoms with Crippen molar-refractivity contribution in [3.8, 4) is 0 Å². The predicted octanol–water partition coefficient (Wildman–Crippen LogP) is 3.45. The van der Waals surface area contributed by atoms with Crippen LogP contribution in [0.25, 0.3) is 0 Å². The second kappa shape index (κ2) is 8.26. The zero-order valence-electron chi connectivity index (χ0n) is 16.2. The molecule has 1 aliphatic rings. The van der Waals surface area contributed by atoms with Gasteiger partial charge in [0.2, 0.25) is 0 Å². The van der Waals surface area contributed by atoms with Crippen LogP contribution in [0.3, 0.4) is 0 Å². The van der Waals surface area contributed by atoms with Crippen molar-refractivity contribution in [2.75, 3.05) is 32.1 Å². The first kappa shape index (κ1) is 19.1. The highest BCUT2D eigenvalue weighted by Crippen LogP contribution is 2.22. The molecule has 0 aliphatic carbocycles. The highest BCUT2D eigenvalue weighted by molar-refractivity contribution is 5.37. The lowest BCUT2D eigenvalue weighted by atomic mass is 9.95. The summed E-state index contributed by atoms with van der Waals surface area (Å²) in [5.74, 6) is 2.47. The van der Waals surface area contributed by atoms with E-state index in [0.29, 0.717) is 18.6 Å². The summed E-state index contributed by atoms with van der Waals surface area (Å²) in [4.78, 5) is 12.0. The molecular formula is C19H34N4O. The molecule has 1 N–H and O–H groups in total. The Balaban J connectivity index is 2.04. The van der Waals surface area contributed by atoms with Gasteiger partial charge in [-0.05, 0) is 39.2 Å². The molecule has 0 spiro atoms. The number of piperidine rings is 1. The second-order valence-corrected chi connectivity index (χ2v) is 8.23. The Kier molecular flexibility index (Phi) is 6.58. The van der Waals surface area contributed by atoms with Crippen molar-refractivity contribution in [3.05, 3.63) is 17.6 Å². The Bertz CT molecular complexity index is 525. The van der Waals surface area contributed by atoms with Crippen LogP contribution in [0, 0.1) is 5.92 Å². The van der Waals surface area contributed by atoms with Crippen molar-refractivity contribution < 1.29 is 4.74 Å². The Morgan fingerprint density at radius 3 is 2.71 bits per heavy atom. The van der Waals surface area contributed by atoms with E-state index in [4.69, 9.17) is 9.72 Å². The lowest BCUT2D eigenvalue weighted by Crippen LogP contribution is -2.41. The van der Waals surface area contributed by atoms with Gasteiger partial charge in [-0.25, -0.2) is 9.97 Å². The number of anilines is 1. The van der Waals surface area contributed by atoms with Gasteiger partial charge in [-0.2, -0.15) is 0 Å². The van der Waals surface area contributed by atoms with Gasteiger partial charge in [0.25, 0.3) is 0 Å². The molecule has 1 aromatic heterocycles. The van der Waals surface area contributed by atoms with Crippen LogP contribution < -0.4 is 5.32 Å². The molecule has 0 amide bonds. The van der Waals surface area contributed by atoms with E-state index in [1.54, 1.807) is 7.11 Å². The fourth-order valence-electron chi connectivity index (χ4n) is 3.13. The quantitative estimate of drug-likeness (QED) is 0.863. The second-order valence-electron chi connectivity index (χ2n) is 8.23. The van der Waals surface area contributed by atoms with E-state index in [2.05, 4.69) is 49.8 Å². The summed E-state index contributed by atoms with van der Waals surface area (Å²) in [6, 6.07) is 2.65. The van der Waals surface area contributed by atoms with Crippen LogP contribution in [-0.4, -0.2) is 47.7 Å². The van der Waals surface area contributed by atoms with Gasteiger partial charge in [0.05, 0.1) is 12.3 Å². The van der Waals surface area contributed by atoms with Gasteiger partial charge >= 0.3 is 0 Å². The van der Waals surface area contributed by atoms with Gasteiger partial charge in [0.15, 0.2) is 0 Å². The van der Waals surface area contributed by atoms with Crippen molar-refractivity contribution in [1.82, 2.24) is 14.9 Å². The zero-order valence-corrected chi connectivity index (χ0v) is 16.2. The van der Waals surface area contributed by atoms with Gasteiger partial charge in [-0.3, -0.25) is 0 Å². The van der Waals surface area contributed by atoms with Gasteiger partial charge in [-0.15, -0.1) is 0 Å². The largest absolute Gasteiger partial charge is 0.378 e. The molecule has 1 saturated heterocycles. The maximum absolute atomic E-state index is 5.26. The number of rotatable bonds is 6. The van der Waals surface area contributed by atoms with Crippen molar-refractivity contribution in [2.24, 2.45) is 5.92 Å². The molecule has 2 heterocycles. The van der Waals surface area contributed by atoms with Crippen molar-refractivity contribution in [3.63, 3.8) is 0 Å². The molecule has 1 fully saturated rings. The van der Waals surface area contributed by atoms with Crippen LogP contribution in [0.1, 0.15) is 59.0 Å². The van der Waals surface area contributed by atoms with E-state index in [1.165, 1.54) is 25.9 Å². The SMILES string of the molecule is COCc1cc(NCC2CCCN(C(C)C)C2)nc(C(C)(C)C)n1. The Labute approximate surface area is 147 Å². The van der Waals surface area contributed by atoms with Crippen molar-refractivity contribution in [1.29, 1.82) is 0 Å². The fraction of sp³-hybridized carbons (Fsp3) is 0.789. The third kappa shape index (κ3) is 5.42. The molecule has 24 heavy (non-hydrogen) atoms. The Morgan fingerprint density at radius 1 is 1.33 bits per heavy atom. The summed E-state index contributed by atoms with van der Waals surface area (Å²) in [6.45, 7) is 14.9. The minimum Gasteiger partial charge on any atom is -0.378 e. The first-order chi connectivity index (χ1) is 11.3. The Hall–Kier alpha value is -1.20. The number of methoxy groups -OCH3 is 1. The van der Waals surface area contributed by atoms with Crippen LogP contribution in [-0.2, 0) is 16.8 Å². The number of likely N-dealkylation sites (tertiary alicyclic amines) is 1. The number of ether oxygens (including phenoxy) is 1. The first-order valence-corrected chi connectivity index (χ1v) is 9.15. The van der Waals surface area contributed by atoms with Gasteiger partial charge in [-0.1, -0.05) is 20.8 Å². The molecule has 0 bridgehead atoms. The highest BCUT2D eigenvalue weighted by atomic mass is 16.5. The van der Waals surface area contributed by atoms with E-state index < -0.39 is 0 Å². The summed E-state index contributed by atoms with van der Waals surface area (Å²) in [5, 5.41) is 3.55. The molecule has 0 radical (unpaired) electrons. The molecule has 5 heteroatoms. The number of aromatic nitrogens is 2. The first-order valence-electron chi connectivity index (χ1n) is 9.15. The predicted molar refractivity (Wildman–Crippen MR) is 99.4 cm³/mol. The zero-order chi connectivity index (χ0) is 17.7. The maximum Gasteiger partial charge on any atom is 0.136 e. The average Bonchev–Trinajstić information content (AvgIpc) is 2.52. The van der Waals surface area contributed by atoms with E-state index in [0.717, 1.165) is 23.9 Å². The summed E-state index contributed by atoms with van der Waals surface area (Å²) in [5.41, 5.74) is 0.867. The number of hydrogen-bond acceptors (Lipinski definition) is 5. The fourth-order valence-corrected chi connectivity index (χ4v) is 3.13. The average molecular weight is 335 g/mol. The number of nitrogens with zero attached hydrogens (tertiary/aromatic N) is 3. The van der Waals surface area contributed by atoms with Crippen molar-refractivity contribution in [2.45, 2.75) is 65.5 Å². The molecule has 2 rings (SSSR count). The minimum absolute atomic E-state index is 0.0700. The summed E-state index contributed by atoms with van der Waals surface area (Å²) >= 11 is 0. The Morgan fingerprint density at radius 2 is 2.08 bits per heavy atom. The van der Waals surface area contributed by atoms with Crippen LogP contribution in [0.2, 0.25) is 0 Å². The van der Waals surface area contributed by atoms with Crippen LogP contribution in [0.4, 0.5) is 5.82 Å². The monoisotopic (exact) mass is 334 g/mol. The van der Waals surface area contributed by atoms with Crippen LogP contribution >= 0.6 is 0 Å². The van der Waals surface area contributed by atoms with E-state index in [9.17, 15) is 0 Å². The van der Waals surface area contributed by atoms with Gasteiger partial charge in [0.1, 0.15) is 11.6 Å². The molecule has 0 saturated carbocycles. The molecule has 0 aromatic carbocycles. The number of hydrogen-bond donors (Lipinski definition) is 1. The molecular weight excluding hydrogens is 300 g/mol. The summed E-state index contributed by atoms with van der Waals surface area (Å²) < 4.78 is 5.26. The van der Waals surface area contributed by atoms with E-state index in [1.807, 2.05) is 6.07 Å². The molecule has 1 aliphatic heterocycles. The van der Waals surface area contributed by atoms with Gasteiger partial charge in [0, 0.05) is 37.7 Å². The molecule has 136 valence electrons. The van der Waals surface area contributed by atoms with Crippen LogP contribution in [0.15, 0.2) is 6.07 Å². The normalized spacial score (nSPS) is 19.7. The summed E-state index contributed by atoms with van der Waals surface area (Å²) in [6.07, 6.45) is 2.58. The van der Waals surface area contributed by atoms with Crippen molar-refractivity contribution >= 4 is 5.82 Å². The van der Waals surface area contributed by atoms with Crippen LogP contribution in [0.5, 0.6) is 0 Å². The maximum atomic E-state index is 5.26. The molecule has 5 nitrogen and oxygen atoms in total. The standard InChI is InChI=1S/C19H34N4O/c1-14(2)23-9-7-8-15(12-23)11-20-17-10-16(13-24-6)21-18(22-17)19(3,4)5/h10,14-15H,7-9,11-13H2,1-6H3,(H,20,21,22). The molecule has 1 atom stereocenters.